The van der Waals surface area contributed by atoms with Crippen molar-refractivity contribution in [1.82, 2.24) is 15.5 Å². The normalized spacial score (nSPS) is 17.1. The molecule has 2 amide bonds. The molecule has 0 unspecified atom stereocenters. The number of hydrogen-bond donors (Lipinski definition) is 2. The van der Waals surface area contributed by atoms with Gasteiger partial charge in [-0.3, -0.25) is 14.5 Å². The lowest BCUT2D eigenvalue weighted by molar-refractivity contribution is -0.134. The number of nitrogens with zero attached hydrogens (tertiary/aromatic N) is 1. The summed E-state index contributed by atoms with van der Waals surface area (Å²) in [6.07, 6.45) is 0.139. The van der Waals surface area contributed by atoms with Crippen molar-refractivity contribution in [3.63, 3.8) is 0 Å². The molecular formula is C20H29N3O4. The molecule has 1 atom stereocenters. The molecule has 2 N–H and O–H groups in total. The average molecular weight is 375 g/mol. The minimum atomic E-state index is -0.478. The van der Waals surface area contributed by atoms with E-state index in [0.29, 0.717) is 44.3 Å². The summed E-state index contributed by atoms with van der Waals surface area (Å²) in [6, 6.07) is 5.29. The Kier molecular flexibility index (Phi) is 7.67. The Labute approximate surface area is 160 Å². The predicted molar refractivity (Wildman–Crippen MR) is 104 cm³/mol. The van der Waals surface area contributed by atoms with Crippen molar-refractivity contribution in [3.8, 4) is 11.5 Å². The Morgan fingerprint density at radius 3 is 2.81 bits per heavy atom. The molecule has 1 aliphatic heterocycles. The minimum Gasteiger partial charge on any atom is -0.490 e. The predicted octanol–water partition coefficient (Wildman–Crippen LogP) is 1.48. The maximum Gasteiger partial charge on any atom is 0.237 e. The SMILES string of the molecule is C=C(C)COc1ccc(CN2CCNC(=O)[C@H]2CC(=O)NC)cc1OCC. The first-order valence-electron chi connectivity index (χ1n) is 9.19. The van der Waals surface area contributed by atoms with Crippen LogP contribution in [0.4, 0.5) is 0 Å². The van der Waals surface area contributed by atoms with Gasteiger partial charge in [-0.2, -0.15) is 0 Å². The third-order valence-electron chi connectivity index (χ3n) is 4.27. The van der Waals surface area contributed by atoms with Crippen LogP contribution >= 0.6 is 0 Å². The first kappa shape index (κ1) is 20.8. The number of carbonyl (C=O) groups is 2. The van der Waals surface area contributed by atoms with Gasteiger partial charge in [0.2, 0.25) is 11.8 Å². The Morgan fingerprint density at radius 1 is 1.37 bits per heavy atom. The third-order valence-corrected chi connectivity index (χ3v) is 4.27. The van der Waals surface area contributed by atoms with E-state index in [2.05, 4.69) is 17.2 Å². The first-order valence-corrected chi connectivity index (χ1v) is 9.19. The number of hydrogen-bond acceptors (Lipinski definition) is 5. The summed E-state index contributed by atoms with van der Waals surface area (Å²) in [5.41, 5.74) is 1.93. The summed E-state index contributed by atoms with van der Waals surface area (Å²) in [5.74, 6) is 1.07. The van der Waals surface area contributed by atoms with Crippen LogP contribution in [0.25, 0.3) is 0 Å². The lowest BCUT2D eigenvalue weighted by Gasteiger charge is -2.34. The molecule has 1 heterocycles. The van der Waals surface area contributed by atoms with E-state index in [1.165, 1.54) is 0 Å². The molecule has 1 aromatic carbocycles. The van der Waals surface area contributed by atoms with Crippen molar-refractivity contribution < 1.29 is 19.1 Å². The van der Waals surface area contributed by atoms with Crippen LogP contribution in [0.3, 0.4) is 0 Å². The van der Waals surface area contributed by atoms with Gasteiger partial charge in [0.05, 0.1) is 19.1 Å². The Hall–Kier alpha value is -2.54. The molecule has 1 aromatic rings. The van der Waals surface area contributed by atoms with E-state index in [1.807, 2.05) is 36.9 Å². The van der Waals surface area contributed by atoms with E-state index in [0.717, 1.165) is 11.1 Å². The smallest absolute Gasteiger partial charge is 0.237 e. The highest BCUT2D eigenvalue weighted by atomic mass is 16.5. The van der Waals surface area contributed by atoms with Gasteiger partial charge < -0.3 is 20.1 Å². The van der Waals surface area contributed by atoms with Crippen LogP contribution in [0.5, 0.6) is 11.5 Å². The number of ether oxygens (including phenoxy) is 2. The number of rotatable bonds is 9. The van der Waals surface area contributed by atoms with Crippen LogP contribution < -0.4 is 20.1 Å². The van der Waals surface area contributed by atoms with Gasteiger partial charge in [0.15, 0.2) is 11.5 Å². The van der Waals surface area contributed by atoms with Crippen LogP contribution in [0.2, 0.25) is 0 Å². The molecule has 0 spiro atoms. The van der Waals surface area contributed by atoms with Crippen molar-refractivity contribution in [2.24, 2.45) is 0 Å². The van der Waals surface area contributed by atoms with Gasteiger partial charge in [-0.05, 0) is 37.1 Å². The van der Waals surface area contributed by atoms with E-state index in [9.17, 15) is 9.59 Å². The average Bonchev–Trinajstić information content (AvgIpc) is 2.64. The van der Waals surface area contributed by atoms with Gasteiger partial charge in [-0.1, -0.05) is 12.6 Å². The van der Waals surface area contributed by atoms with Gasteiger partial charge in [0.25, 0.3) is 0 Å². The molecular weight excluding hydrogens is 346 g/mol. The lowest BCUT2D eigenvalue weighted by Crippen LogP contribution is -2.55. The van der Waals surface area contributed by atoms with Gasteiger partial charge in [0.1, 0.15) is 6.61 Å². The maximum absolute atomic E-state index is 12.2. The second-order valence-electron chi connectivity index (χ2n) is 6.61. The summed E-state index contributed by atoms with van der Waals surface area (Å²) in [6.45, 7) is 10.4. The molecule has 2 rings (SSSR count). The highest BCUT2D eigenvalue weighted by Crippen LogP contribution is 2.30. The van der Waals surface area contributed by atoms with E-state index in [1.54, 1.807) is 7.05 Å². The van der Waals surface area contributed by atoms with Crippen LogP contribution in [-0.4, -0.2) is 56.1 Å². The van der Waals surface area contributed by atoms with Gasteiger partial charge >= 0.3 is 0 Å². The van der Waals surface area contributed by atoms with Crippen molar-refractivity contribution in [3.05, 3.63) is 35.9 Å². The highest BCUT2D eigenvalue weighted by Gasteiger charge is 2.31. The molecule has 0 aliphatic carbocycles. The summed E-state index contributed by atoms with van der Waals surface area (Å²) >= 11 is 0. The fourth-order valence-electron chi connectivity index (χ4n) is 2.92. The molecule has 148 valence electrons. The van der Waals surface area contributed by atoms with Gasteiger partial charge in [-0.25, -0.2) is 0 Å². The summed E-state index contributed by atoms with van der Waals surface area (Å²) in [5, 5.41) is 5.42. The molecule has 0 radical (unpaired) electrons. The molecule has 0 bridgehead atoms. The van der Waals surface area contributed by atoms with Crippen molar-refractivity contribution >= 4 is 11.8 Å². The zero-order valence-electron chi connectivity index (χ0n) is 16.3. The molecule has 7 nitrogen and oxygen atoms in total. The lowest BCUT2D eigenvalue weighted by atomic mass is 10.1. The van der Waals surface area contributed by atoms with E-state index < -0.39 is 6.04 Å². The third kappa shape index (κ3) is 5.99. The zero-order valence-corrected chi connectivity index (χ0v) is 16.3. The van der Waals surface area contributed by atoms with Gasteiger partial charge in [0, 0.05) is 26.7 Å². The number of nitrogens with one attached hydrogen (secondary N) is 2. The number of carbonyl (C=O) groups excluding carboxylic acids is 2. The molecule has 0 aromatic heterocycles. The largest absolute Gasteiger partial charge is 0.490 e. The first-order chi connectivity index (χ1) is 12.9. The summed E-state index contributed by atoms with van der Waals surface area (Å²) in [7, 11) is 1.57. The number of benzene rings is 1. The van der Waals surface area contributed by atoms with Crippen LogP contribution in [-0.2, 0) is 16.1 Å². The Balaban J connectivity index is 2.15. The number of piperazine rings is 1. The van der Waals surface area contributed by atoms with Crippen molar-refractivity contribution in [2.45, 2.75) is 32.9 Å². The second-order valence-corrected chi connectivity index (χ2v) is 6.61. The van der Waals surface area contributed by atoms with Crippen molar-refractivity contribution in [2.75, 3.05) is 33.4 Å². The highest BCUT2D eigenvalue weighted by molar-refractivity contribution is 5.88. The van der Waals surface area contributed by atoms with Crippen LogP contribution in [0.15, 0.2) is 30.4 Å². The molecule has 7 heteroatoms. The molecule has 27 heavy (non-hydrogen) atoms. The molecule has 1 saturated heterocycles. The van der Waals surface area contributed by atoms with Crippen LogP contribution in [0.1, 0.15) is 25.8 Å². The van der Waals surface area contributed by atoms with E-state index >= 15 is 0 Å². The Bertz CT molecular complexity index is 690. The van der Waals surface area contributed by atoms with Gasteiger partial charge in [-0.15, -0.1) is 0 Å². The second kappa shape index (κ2) is 9.97. The fraction of sp³-hybridized carbons (Fsp3) is 0.500. The van der Waals surface area contributed by atoms with Crippen LogP contribution in [0, 0.1) is 0 Å². The standard InChI is InChI=1S/C20H29N3O4/c1-5-26-18-10-15(6-7-17(18)27-13-14(2)3)12-23-9-8-22-20(25)16(23)11-19(24)21-4/h6-7,10,16H,2,5,8-9,11-13H2,1,3-4H3,(H,21,24)(H,22,25)/t16-/m1/s1. The quantitative estimate of drug-likeness (QED) is 0.639. The summed E-state index contributed by atoms with van der Waals surface area (Å²) < 4.78 is 11.5. The molecule has 1 aliphatic rings. The summed E-state index contributed by atoms with van der Waals surface area (Å²) in [4.78, 5) is 26.0. The zero-order chi connectivity index (χ0) is 19.8. The monoisotopic (exact) mass is 375 g/mol. The Morgan fingerprint density at radius 2 is 2.15 bits per heavy atom. The number of amides is 2. The van der Waals surface area contributed by atoms with E-state index in [-0.39, 0.29) is 18.2 Å². The minimum absolute atomic E-state index is 0.115. The van der Waals surface area contributed by atoms with E-state index in [4.69, 9.17) is 9.47 Å². The maximum atomic E-state index is 12.2. The molecule has 1 fully saturated rings. The molecule has 0 saturated carbocycles. The van der Waals surface area contributed by atoms with Crippen molar-refractivity contribution in [1.29, 1.82) is 0 Å². The topological polar surface area (TPSA) is 79.9 Å². The fourth-order valence-corrected chi connectivity index (χ4v) is 2.92.